The smallest absolute Gasteiger partial charge is 0.233 e. The van der Waals surface area contributed by atoms with E-state index in [1.807, 2.05) is 36.1 Å². The number of benzene rings is 1. The second kappa shape index (κ2) is 8.18. The standard InChI is InChI=1S/C24H25FN6O/c1-17-8-11-26-21(16-17)27-20-6-7-22(29-28-20)30-12-14-31(15-13-30)23(32)24(9-10-24)18-2-4-19(25)5-3-18/h2-8,11,16H,9-10,12-15H2,1H3,(H,26,27,28). The quantitative estimate of drug-likeness (QED) is 0.666. The first-order valence-corrected chi connectivity index (χ1v) is 10.9. The average Bonchev–Trinajstić information content (AvgIpc) is 3.62. The predicted molar refractivity (Wildman–Crippen MR) is 120 cm³/mol. The van der Waals surface area contributed by atoms with Gasteiger partial charge in [-0.25, -0.2) is 9.37 Å². The fourth-order valence-electron chi connectivity index (χ4n) is 4.26. The summed E-state index contributed by atoms with van der Waals surface area (Å²) in [5, 5.41) is 11.8. The van der Waals surface area contributed by atoms with Crippen LogP contribution in [0.5, 0.6) is 0 Å². The van der Waals surface area contributed by atoms with Gasteiger partial charge in [-0.3, -0.25) is 4.79 Å². The Bertz CT molecular complexity index is 1110. The van der Waals surface area contributed by atoms with Crippen molar-refractivity contribution in [1.29, 1.82) is 0 Å². The molecule has 1 N–H and O–H groups in total. The number of hydrogen-bond acceptors (Lipinski definition) is 6. The third-order valence-electron chi connectivity index (χ3n) is 6.27. The summed E-state index contributed by atoms with van der Waals surface area (Å²) < 4.78 is 13.3. The SMILES string of the molecule is Cc1ccnc(Nc2ccc(N3CCN(C(=O)C4(c5ccc(F)cc5)CC4)CC3)nn2)c1. The van der Waals surface area contributed by atoms with E-state index in [0.717, 1.165) is 35.6 Å². The Morgan fingerprint density at radius 3 is 2.34 bits per heavy atom. The van der Waals surface area contributed by atoms with Gasteiger partial charge in [-0.2, -0.15) is 0 Å². The lowest BCUT2D eigenvalue weighted by molar-refractivity contribution is -0.134. The van der Waals surface area contributed by atoms with Gasteiger partial charge < -0.3 is 15.1 Å². The lowest BCUT2D eigenvalue weighted by atomic mass is 9.94. The van der Waals surface area contributed by atoms with Gasteiger partial charge in [0, 0.05) is 32.4 Å². The van der Waals surface area contributed by atoms with Crippen LogP contribution < -0.4 is 10.2 Å². The molecule has 1 amide bonds. The molecular weight excluding hydrogens is 407 g/mol. The van der Waals surface area contributed by atoms with Crippen molar-refractivity contribution in [3.05, 3.63) is 71.7 Å². The largest absolute Gasteiger partial charge is 0.352 e. The zero-order chi connectivity index (χ0) is 22.1. The molecule has 1 aromatic carbocycles. The molecule has 3 heterocycles. The molecule has 32 heavy (non-hydrogen) atoms. The molecule has 0 unspecified atom stereocenters. The highest BCUT2D eigenvalue weighted by Gasteiger charge is 2.53. The van der Waals surface area contributed by atoms with Crippen LogP contribution in [-0.4, -0.2) is 52.2 Å². The van der Waals surface area contributed by atoms with E-state index in [1.54, 1.807) is 18.3 Å². The number of piperazine rings is 1. The van der Waals surface area contributed by atoms with Gasteiger partial charge in [0.2, 0.25) is 5.91 Å². The molecular formula is C24H25FN6O. The van der Waals surface area contributed by atoms with Crippen molar-refractivity contribution in [3.8, 4) is 0 Å². The van der Waals surface area contributed by atoms with Gasteiger partial charge in [0.1, 0.15) is 11.6 Å². The number of rotatable bonds is 5. The molecule has 5 rings (SSSR count). The summed E-state index contributed by atoms with van der Waals surface area (Å²) >= 11 is 0. The first kappa shape index (κ1) is 20.4. The molecule has 1 aliphatic carbocycles. The Hall–Kier alpha value is -3.55. The Kier molecular flexibility index (Phi) is 5.20. The zero-order valence-corrected chi connectivity index (χ0v) is 18.0. The second-order valence-electron chi connectivity index (χ2n) is 8.49. The topological polar surface area (TPSA) is 74.2 Å². The fraction of sp³-hybridized carbons (Fsp3) is 0.333. The maximum Gasteiger partial charge on any atom is 0.233 e. The highest BCUT2D eigenvalue weighted by atomic mass is 19.1. The number of anilines is 3. The lowest BCUT2D eigenvalue weighted by Crippen LogP contribution is -2.51. The summed E-state index contributed by atoms with van der Waals surface area (Å²) in [7, 11) is 0. The molecule has 1 saturated carbocycles. The van der Waals surface area contributed by atoms with E-state index in [1.165, 1.54) is 12.1 Å². The second-order valence-corrected chi connectivity index (χ2v) is 8.49. The number of halogens is 1. The van der Waals surface area contributed by atoms with Gasteiger partial charge in [0.15, 0.2) is 11.6 Å². The molecule has 2 aliphatic rings. The van der Waals surface area contributed by atoms with E-state index in [0.29, 0.717) is 32.0 Å². The minimum atomic E-state index is -0.465. The van der Waals surface area contributed by atoms with Crippen LogP contribution in [0, 0.1) is 12.7 Å². The van der Waals surface area contributed by atoms with Crippen LogP contribution >= 0.6 is 0 Å². The molecule has 7 nitrogen and oxygen atoms in total. The van der Waals surface area contributed by atoms with Crippen molar-refractivity contribution in [2.75, 3.05) is 36.4 Å². The zero-order valence-electron chi connectivity index (χ0n) is 18.0. The highest BCUT2D eigenvalue weighted by molar-refractivity contribution is 5.91. The van der Waals surface area contributed by atoms with E-state index in [4.69, 9.17) is 0 Å². The number of nitrogens with zero attached hydrogens (tertiary/aromatic N) is 5. The minimum absolute atomic E-state index is 0.153. The maximum absolute atomic E-state index is 13.3. The molecule has 8 heteroatoms. The third kappa shape index (κ3) is 4.00. The van der Waals surface area contributed by atoms with Gasteiger partial charge in [-0.05, 0) is 67.3 Å². The molecule has 3 aromatic rings. The fourth-order valence-corrected chi connectivity index (χ4v) is 4.26. The first-order chi connectivity index (χ1) is 15.5. The number of hydrogen-bond donors (Lipinski definition) is 1. The van der Waals surface area contributed by atoms with Crippen LogP contribution in [0.2, 0.25) is 0 Å². The normalized spacial score (nSPS) is 17.2. The molecule has 2 aromatic heterocycles. The highest BCUT2D eigenvalue weighted by Crippen LogP contribution is 2.49. The molecule has 1 aliphatic heterocycles. The summed E-state index contributed by atoms with van der Waals surface area (Å²) in [6, 6.07) is 14.1. The Morgan fingerprint density at radius 2 is 1.72 bits per heavy atom. The monoisotopic (exact) mass is 432 g/mol. The summed E-state index contributed by atoms with van der Waals surface area (Å²) in [5.74, 6) is 2.03. The number of nitrogens with one attached hydrogen (secondary N) is 1. The number of pyridine rings is 1. The van der Waals surface area contributed by atoms with E-state index in [2.05, 4.69) is 25.4 Å². The summed E-state index contributed by atoms with van der Waals surface area (Å²) in [5.41, 5.74) is 1.57. The number of aromatic nitrogens is 3. The average molecular weight is 433 g/mol. The van der Waals surface area contributed by atoms with E-state index >= 15 is 0 Å². The van der Waals surface area contributed by atoms with Gasteiger partial charge in [-0.15, -0.1) is 10.2 Å². The van der Waals surface area contributed by atoms with E-state index in [9.17, 15) is 9.18 Å². The van der Waals surface area contributed by atoms with E-state index < -0.39 is 5.41 Å². The van der Waals surface area contributed by atoms with Crippen LogP contribution in [-0.2, 0) is 10.2 Å². The Labute approximate surface area is 186 Å². The van der Waals surface area contributed by atoms with Gasteiger partial charge in [0.25, 0.3) is 0 Å². The van der Waals surface area contributed by atoms with Crippen LogP contribution in [0.25, 0.3) is 0 Å². The summed E-state index contributed by atoms with van der Waals surface area (Å²) in [6.45, 7) is 4.68. The van der Waals surface area contributed by atoms with Crippen LogP contribution in [0.15, 0.2) is 54.7 Å². The van der Waals surface area contributed by atoms with Gasteiger partial charge in [0.05, 0.1) is 5.41 Å². The minimum Gasteiger partial charge on any atom is -0.352 e. The van der Waals surface area contributed by atoms with Crippen molar-refractivity contribution in [2.45, 2.75) is 25.2 Å². The van der Waals surface area contributed by atoms with Crippen molar-refractivity contribution >= 4 is 23.4 Å². The lowest BCUT2D eigenvalue weighted by Gasteiger charge is -2.37. The van der Waals surface area contributed by atoms with Crippen LogP contribution in [0.3, 0.4) is 0 Å². The van der Waals surface area contributed by atoms with Crippen LogP contribution in [0.1, 0.15) is 24.0 Å². The number of amides is 1. The number of aryl methyl sites for hydroxylation is 1. The molecule has 0 bridgehead atoms. The Balaban J connectivity index is 1.19. The molecule has 0 radical (unpaired) electrons. The Morgan fingerprint density at radius 1 is 0.969 bits per heavy atom. The first-order valence-electron chi connectivity index (χ1n) is 10.9. The summed E-state index contributed by atoms with van der Waals surface area (Å²) in [4.78, 5) is 21.6. The number of carbonyl (C=O) groups is 1. The van der Waals surface area contributed by atoms with Gasteiger partial charge in [-0.1, -0.05) is 12.1 Å². The maximum atomic E-state index is 13.3. The predicted octanol–water partition coefficient (Wildman–Crippen LogP) is 3.44. The molecule has 1 saturated heterocycles. The van der Waals surface area contributed by atoms with Crippen molar-refractivity contribution < 1.29 is 9.18 Å². The molecule has 164 valence electrons. The summed E-state index contributed by atoms with van der Waals surface area (Å²) in [6.07, 6.45) is 3.41. The van der Waals surface area contributed by atoms with Crippen LogP contribution in [0.4, 0.5) is 21.8 Å². The molecule has 0 spiro atoms. The van der Waals surface area contributed by atoms with E-state index in [-0.39, 0.29) is 11.7 Å². The van der Waals surface area contributed by atoms with Crippen molar-refractivity contribution in [1.82, 2.24) is 20.1 Å². The molecule has 2 fully saturated rings. The number of carbonyl (C=O) groups excluding carboxylic acids is 1. The van der Waals surface area contributed by atoms with Gasteiger partial charge >= 0.3 is 0 Å². The van der Waals surface area contributed by atoms with Crippen molar-refractivity contribution in [2.24, 2.45) is 0 Å². The third-order valence-corrected chi connectivity index (χ3v) is 6.27. The van der Waals surface area contributed by atoms with Crippen molar-refractivity contribution in [3.63, 3.8) is 0 Å². The molecule has 0 atom stereocenters.